The summed E-state index contributed by atoms with van der Waals surface area (Å²) in [5.74, 6) is 2.33. The molecule has 3 N–H and O–H groups in total. The van der Waals surface area contributed by atoms with Crippen LogP contribution in [0.5, 0.6) is 0 Å². The number of aromatic nitrogens is 2. The quantitative estimate of drug-likeness (QED) is 0.624. The van der Waals surface area contributed by atoms with Crippen molar-refractivity contribution in [1.29, 1.82) is 5.41 Å². The SMILES string of the molecule is Cc1nnc(N(C)CC2CC2C)c(C(=N)N)c1C. The Morgan fingerprint density at radius 2 is 2.06 bits per heavy atom. The molecule has 1 aromatic heterocycles. The molecule has 0 bridgehead atoms. The van der Waals surface area contributed by atoms with Crippen LogP contribution in [-0.4, -0.2) is 29.6 Å². The monoisotopic (exact) mass is 247 g/mol. The largest absolute Gasteiger partial charge is 0.384 e. The number of nitrogens with one attached hydrogen (secondary N) is 1. The summed E-state index contributed by atoms with van der Waals surface area (Å²) in [4.78, 5) is 2.07. The Morgan fingerprint density at radius 1 is 1.44 bits per heavy atom. The molecule has 0 aliphatic heterocycles. The van der Waals surface area contributed by atoms with E-state index in [1.807, 2.05) is 20.9 Å². The number of nitrogens with zero attached hydrogens (tertiary/aromatic N) is 3. The van der Waals surface area contributed by atoms with Crippen LogP contribution in [0.3, 0.4) is 0 Å². The number of nitrogens with two attached hydrogens (primary N) is 1. The maximum Gasteiger partial charge on any atom is 0.162 e. The Morgan fingerprint density at radius 3 is 2.56 bits per heavy atom. The highest BCUT2D eigenvalue weighted by atomic mass is 15.3. The molecule has 18 heavy (non-hydrogen) atoms. The van der Waals surface area contributed by atoms with Crippen LogP contribution in [-0.2, 0) is 0 Å². The fourth-order valence-electron chi connectivity index (χ4n) is 2.28. The summed E-state index contributed by atoms with van der Waals surface area (Å²) in [6.07, 6.45) is 1.28. The van der Waals surface area contributed by atoms with E-state index in [1.165, 1.54) is 6.42 Å². The molecule has 0 saturated heterocycles. The lowest BCUT2D eigenvalue weighted by Gasteiger charge is -2.21. The number of anilines is 1. The minimum Gasteiger partial charge on any atom is -0.384 e. The molecule has 1 aromatic rings. The highest BCUT2D eigenvalue weighted by Gasteiger charge is 2.34. The van der Waals surface area contributed by atoms with Gasteiger partial charge in [-0.15, -0.1) is 5.10 Å². The van der Waals surface area contributed by atoms with Crippen molar-refractivity contribution in [3.8, 4) is 0 Å². The lowest BCUT2D eigenvalue weighted by Crippen LogP contribution is -2.27. The molecule has 1 aliphatic rings. The molecule has 2 atom stereocenters. The summed E-state index contributed by atoms with van der Waals surface area (Å²) in [6, 6.07) is 0. The summed E-state index contributed by atoms with van der Waals surface area (Å²) in [6.45, 7) is 7.05. The Balaban J connectivity index is 2.31. The average molecular weight is 247 g/mol. The second-order valence-electron chi connectivity index (χ2n) is 5.38. The van der Waals surface area contributed by atoms with E-state index in [0.717, 1.165) is 41.0 Å². The van der Waals surface area contributed by atoms with Crippen molar-refractivity contribution < 1.29 is 0 Å². The van der Waals surface area contributed by atoms with Gasteiger partial charge in [0.05, 0.1) is 11.3 Å². The van der Waals surface area contributed by atoms with E-state index in [9.17, 15) is 0 Å². The van der Waals surface area contributed by atoms with Crippen LogP contribution in [0.1, 0.15) is 30.2 Å². The molecule has 1 fully saturated rings. The molecular formula is C13H21N5. The molecule has 2 rings (SSSR count). The van der Waals surface area contributed by atoms with E-state index >= 15 is 0 Å². The molecule has 2 unspecified atom stereocenters. The van der Waals surface area contributed by atoms with Gasteiger partial charge in [0.2, 0.25) is 0 Å². The average Bonchev–Trinajstić information content (AvgIpc) is 2.97. The van der Waals surface area contributed by atoms with Gasteiger partial charge in [-0.1, -0.05) is 6.92 Å². The Kier molecular flexibility index (Phi) is 3.24. The standard InChI is InChI=1S/C13H21N5/c1-7-5-10(7)6-18(4)13-11(12(14)15)8(2)9(3)16-17-13/h7,10H,5-6H2,1-4H3,(H3,14,15). The fourth-order valence-corrected chi connectivity index (χ4v) is 2.28. The third-order valence-electron chi connectivity index (χ3n) is 3.85. The van der Waals surface area contributed by atoms with Gasteiger partial charge in [-0.25, -0.2) is 0 Å². The zero-order chi connectivity index (χ0) is 13.4. The minimum atomic E-state index is 0.0659. The number of rotatable bonds is 4. The first-order valence-corrected chi connectivity index (χ1v) is 6.31. The number of nitrogen functional groups attached to an aromatic ring is 1. The zero-order valence-electron chi connectivity index (χ0n) is 11.5. The summed E-state index contributed by atoms with van der Waals surface area (Å²) < 4.78 is 0. The normalized spacial score (nSPS) is 21.8. The van der Waals surface area contributed by atoms with Gasteiger partial charge >= 0.3 is 0 Å². The van der Waals surface area contributed by atoms with Crippen molar-refractivity contribution in [1.82, 2.24) is 10.2 Å². The number of amidine groups is 1. The van der Waals surface area contributed by atoms with Crippen LogP contribution in [0.25, 0.3) is 0 Å². The predicted octanol–water partition coefficient (Wildman–Crippen LogP) is 1.47. The predicted molar refractivity (Wildman–Crippen MR) is 73.1 cm³/mol. The fraction of sp³-hybridized carbons (Fsp3) is 0.615. The highest BCUT2D eigenvalue weighted by molar-refractivity contribution is 6.01. The van der Waals surface area contributed by atoms with Crippen LogP contribution in [0.2, 0.25) is 0 Å². The first kappa shape index (κ1) is 12.8. The molecular weight excluding hydrogens is 226 g/mol. The van der Waals surface area contributed by atoms with Crippen LogP contribution in [0, 0.1) is 31.1 Å². The second kappa shape index (κ2) is 4.55. The molecule has 98 valence electrons. The maximum atomic E-state index is 7.73. The van der Waals surface area contributed by atoms with Gasteiger partial charge in [0.15, 0.2) is 5.82 Å². The molecule has 5 heteroatoms. The number of aryl methyl sites for hydroxylation is 1. The first-order valence-electron chi connectivity index (χ1n) is 6.31. The smallest absolute Gasteiger partial charge is 0.162 e. The number of hydrogen-bond acceptors (Lipinski definition) is 4. The molecule has 0 aromatic carbocycles. The van der Waals surface area contributed by atoms with Gasteiger partial charge in [0.25, 0.3) is 0 Å². The van der Waals surface area contributed by atoms with Crippen molar-refractivity contribution >= 4 is 11.7 Å². The van der Waals surface area contributed by atoms with E-state index < -0.39 is 0 Å². The third kappa shape index (κ3) is 2.30. The zero-order valence-corrected chi connectivity index (χ0v) is 11.5. The highest BCUT2D eigenvalue weighted by Crippen LogP contribution is 2.38. The van der Waals surface area contributed by atoms with Gasteiger partial charge in [0.1, 0.15) is 5.84 Å². The van der Waals surface area contributed by atoms with Gasteiger partial charge in [-0.2, -0.15) is 5.10 Å². The molecule has 0 amide bonds. The van der Waals surface area contributed by atoms with Crippen LogP contribution < -0.4 is 10.6 Å². The van der Waals surface area contributed by atoms with Crippen molar-refractivity contribution in [2.24, 2.45) is 17.6 Å². The Hall–Kier alpha value is -1.65. The molecule has 1 aliphatic carbocycles. The third-order valence-corrected chi connectivity index (χ3v) is 3.85. The van der Waals surface area contributed by atoms with Crippen LogP contribution in [0.4, 0.5) is 5.82 Å². The lowest BCUT2D eigenvalue weighted by atomic mass is 10.1. The van der Waals surface area contributed by atoms with Gasteiger partial charge < -0.3 is 10.6 Å². The topological polar surface area (TPSA) is 78.9 Å². The Bertz CT molecular complexity index is 483. The molecule has 5 nitrogen and oxygen atoms in total. The van der Waals surface area contributed by atoms with E-state index in [2.05, 4.69) is 22.0 Å². The lowest BCUT2D eigenvalue weighted by molar-refractivity contribution is 0.712. The number of hydrogen-bond donors (Lipinski definition) is 2. The van der Waals surface area contributed by atoms with Crippen LogP contribution >= 0.6 is 0 Å². The maximum absolute atomic E-state index is 7.73. The van der Waals surface area contributed by atoms with Gasteiger partial charge in [-0.3, -0.25) is 5.41 Å². The molecule has 1 heterocycles. The summed E-state index contributed by atoms with van der Waals surface area (Å²) in [7, 11) is 2.00. The van der Waals surface area contributed by atoms with E-state index in [-0.39, 0.29) is 5.84 Å². The molecule has 0 spiro atoms. The molecule has 0 radical (unpaired) electrons. The van der Waals surface area contributed by atoms with E-state index in [4.69, 9.17) is 11.1 Å². The minimum absolute atomic E-state index is 0.0659. The summed E-state index contributed by atoms with van der Waals surface area (Å²) in [5.41, 5.74) is 8.18. The van der Waals surface area contributed by atoms with Crippen molar-refractivity contribution in [2.45, 2.75) is 27.2 Å². The van der Waals surface area contributed by atoms with Crippen LogP contribution in [0.15, 0.2) is 0 Å². The molecule has 1 saturated carbocycles. The Labute approximate surface area is 108 Å². The first-order chi connectivity index (χ1) is 8.41. The van der Waals surface area contributed by atoms with Crippen molar-refractivity contribution in [2.75, 3.05) is 18.5 Å². The van der Waals surface area contributed by atoms with Crippen molar-refractivity contribution in [3.05, 3.63) is 16.8 Å². The van der Waals surface area contributed by atoms with E-state index in [0.29, 0.717) is 0 Å². The van der Waals surface area contributed by atoms with Gasteiger partial charge in [-0.05, 0) is 37.7 Å². The second-order valence-corrected chi connectivity index (χ2v) is 5.38. The summed E-state index contributed by atoms with van der Waals surface area (Å²) in [5, 5.41) is 16.1. The van der Waals surface area contributed by atoms with Gasteiger partial charge in [0, 0.05) is 13.6 Å². The van der Waals surface area contributed by atoms with Crippen molar-refractivity contribution in [3.63, 3.8) is 0 Å². The summed E-state index contributed by atoms with van der Waals surface area (Å²) >= 11 is 0. The van der Waals surface area contributed by atoms with E-state index in [1.54, 1.807) is 0 Å².